The van der Waals surface area contributed by atoms with E-state index in [-0.39, 0.29) is 24.8 Å². The van der Waals surface area contributed by atoms with Gasteiger partial charge >= 0.3 is 0 Å². The standard InChI is InChI=1S/C32H40N2O5/c1-5-33-32(36)28(21-24-12-9-8-10-13-24)34(23-26-14-11-15-27(20-26)37-4)31(35)19-17-25-16-18-29(38-6-2)30(22-25)39-7-3/h8-16,18,20,22,28H,5-7,17,19,21,23H2,1-4H3,(H,33,36). The van der Waals surface area contributed by atoms with Crippen LogP contribution in [-0.4, -0.2) is 49.6 Å². The fourth-order valence-electron chi connectivity index (χ4n) is 4.46. The molecule has 208 valence electrons. The first-order valence-corrected chi connectivity index (χ1v) is 13.6. The number of aryl methyl sites for hydroxylation is 1. The third-order valence-corrected chi connectivity index (χ3v) is 6.34. The number of amides is 2. The van der Waals surface area contributed by atoms with Crippen molar-refractivity contribution in [2.24, 2.45) is 0 Å². The number of methoxy groups -OCH3 is 1. The second-order valence-corrected chi connectivity index (χ2v) is 9.12. The number of nitrogens with one attached hydrogen (secondary N) is 1. The molecule has 39 heavy (non-hydrogen) atoms. The monoisotopic (exact) mass is 532 g/mol. The Morgan fingerprint density at radius 1 is 0.821 bits per heavy atom. The van der Waals surface area contributed by atoms with Crippen molar-refractivity contribution < 1.29 is 23.8 Å². The van der Waals surface area contributed by atoms with E-state index in [1.165, 1.54) is 0 Å². The van der Waals surface area contributed by atoms with Gasteiger partial charge in [-0.3, -0.25) is 9.59 Å². The molecule has 1 unspecified atom stereocenters. The maximum absolute atomic E-state index is 13.9. The Hall–Kier alpha value is -4.00. The van der Waals surface area contributed by atoms with Gasteiger partial charge in [-0.05, 0) is 68.1 Å². The van der Waals surface area contributed by atoms with E-state index in [0.717, 1.165) is 16.7 Å². The van der Waals surface area contributed by atoms with Crippen LogP contribution in [0.25, 0.3) is 0 Å². The van der Waals surface area contributed by atoms with Crippen LogP contribution in [0.1, 0.15) is 43.9 Å². The number of nitrogens with zero attached hydrogens (tertiary/aromatic N) is 1. The number of likely N-dealkylation sites (N-methyl/N-ethyl adjacent to an activating group) is 1. The smallest absolute Gasteiger partial charge is 0.243 e. The van der Waals surface area contributed by atoms with E-state index in [0.29, 0.717) is 49.8 Å². The summed E-state index contributed by atoms with van der Waals surface area (Å²) < 4.78 is 16.8. The van der Waals surface area contributed by atoms with Crippen LogP contribution < -0.4 is 19.5 Å². The number of hydrogen-bond acceptors (Lipinski definition) is 5. The quantitative estimate of drug-likeness (QED) is 0.291. The summed E-state index contributed by atoms with van der Waals surface area (Å²) in [5, 5.41) is 2.94. The van der Waals surface area contributed by atoms with Crippen molar-refractivity contribution >= 4 is 11.8 Å². The fraction of sp³-hybridized carbons (Fsp3) is 0.375. The molecular weight excluding hydrogens is 492 g/mol. The summed E-state index contributed by atoms with van der Waals surface area (Å²) in [5.41, 5.74) is 2.85. The topological polar surface area (TPSA) is 77.1 Å². The second-order valence-electron chi connectivity index (χ2n) is 9.12. The predicted molar refractivity (Wildman–Crippen MR) is 153 cm³/mol. The first-order chi connectivity index (χ1) is 19.0. The molecule has 0 spiro atoms. The van der Waals surface area contributed by atoms with Crippen LogP contribution in [0.3, 0.4) is 0 Å². The molecule has 0 heterocycles. The van der Waals surface area contributed by atoms with E-state index in [2.05, 4.69) is 5.32 Å². The van der Waals surface area contributed by atoms with Gasteiger partial charge in [0.25, 0.3) is 0 Å². The molecule has 0 fully saturated rings. The van der Waals surface area contributed by atoms with Crippen LogP contribution >= 0.6 is 0 Å². The minimum atomic E-state index is -0.662. The lowest BCUT2D eigenvalue weighted by molar-refractivity contribution is -0.141. The molecule has 1 atom stereocenters. The van der Waals surface area contributed by atoms with Gasteiger partial charge in [0, 0.05) is 25.9 Å². The highest BCUT2D eigenvalue weighted by Gasteiger charge is 2.30. The van der Waals surface area contributed by atoms with E-state index < -0.39 is 6.04 Å². The van der Waals surface area contributed by atoms with Crippen LogP contribution in [0, 0.1) is 0 Å². The Bertz CT molecular complexity index is 1200. The third kappa shape index (κ3) is 8.77. The molecular formula is C32H40N2O5. The number of rotatable bonds is 15. The van der Waals surface area contributed by atoms with Gasteiger partial charge in [0.2, 0.25) is 11.8 Å². The van der Waals surface area contributed by atoms with Gasteiger partial charge in [-0.1, -0.05) is 48.5 Å². The summed E-state index contributed by atoms with van der Waals surface area (Å²) in [6.07, 6.45) is 1.17. The average Bonchev–Trinajstić information content (AvgIpc) is 2.95. The normalized spacial score (nSPS) is 11.4. The zero-order valence-electron chi connectivity index (χ0n) is 23.4. The molecule has 3 aromatic rings. The van der Waals surface area contributed by atoms with E-state index >= 15 is 0 Å². The van der Waals surface area contributed by atoms with E-state index in [1.807, 2.05) is 93.6 Å². The van der Waals surface area contributed by atoms with Crippen molar-refractivity contribution in [3.8, 4) is 17.2 Å². The minimum Gasteiger partial charge on any atom is -0.497 e. The van der Waals surface area contributed by atoms with Crippen LogP contribution in [0.2, 0.25) is 0 Å². The molecule has 7 heteroatoms. The highest BCUT2D eigenvalue weighted by Crippen LogP contribution is 2.29. The summed E-state index contributed by atoms with van der Waals surface area (Å²) in [4.78, 5) is 28.9. The fourth-order valence-corrected chi connectivity index (χ4v) is 4.46. The van der Waals surface area contributed by atoms with Gasteiger partial charge in [0.1, 0.15) is 11.8 Å². The van der Waals surface area contributed by atoms with Gasteiger partial charge in [0.15, 0.2) is 11.5 Å². The van der Waals surface area contributed by atoms with Gasteiger partial charge < -0.3 is 24.4 Å². The summed E-state index contributed by atoms with van der Waals surface area (Å²) in [6.45, 7) is 7.57. The van der Waals surface area contributed by atoms with Crippen LogP contribution in [0.15, 0.2) is 72.8 Å². The molecule has 1 N–H and O–H groups in total. The second kappa shape index (κ2) is 15.4. The van der Waals surface area contributed by atoms with Crippen molar-refractivity contribution in [2.45, 2.75) is 52.6 Å². The number of hydrogen-bond donors (Lipinski definition) is 1. The largest absolute Gasteiger partial charge is 0.497 e. The van der Waals surface area contributed by atoms with E-state index in [4.69, 9.17) is 14.2 Å². The molecule has 0 radical (unpaired) electrons. The molecule has 3 aromatic carbocycles. The van der Waals surface area contributed by atoms with Gasteiger partial charge in [-0.25, -0.2) is 0 Å². The van der Waals surface area contributed by atoms with Crippen molar-refractivity contribution in [3.63, 3.8) is 0 Å². The zero-order valence-corrected chi connectivity index (χ0v) is 23.4. The number of benzene rings is 3. The number of carbonyl (C=O) groups is 2. The summed E-state index contributed by atoms with van der Waals surface area (Å²) >= 11 is 0. The molecule has 0 aliphatic rings. The molecule has 0 aliphatic carbocycles. The van der Waals surface area contributed by atoms with Crippen LogP contribution in [-0.2, 0) is 29.0 Å². The third-order valence-electron chi connectivity index (χ3n) is 6.34. The Morgan fingerprint density at radius 2 is 1.54 bits per heavy atom. The zero-order chi connectivity index (χ0) is 28.0. The molecule has 3 rings (SSSR count). The Kier molecular flexibility index (Phi) is 11.7. The van der Waals surface area contributed by atoms with Crippen molar-refractivity contribution in [1.82, 2.24) is 10.2 Å². The van der Waals surface area contributed by atoms with Gasteiger partial charge in [0.05, 0.1) is 20.3 Å². The number of carbonyl (C=O) groups excluding carboxylic acids is 2. The highest BCUT2D eigenvalue weighted by atomic mass is 16.5. The van der Waals surface area contributed by atoms with Crippen LogP contribution in [0.5, 0.6) is 17.2 Å². The SMILES string of the molecule is CCNC(=O)C(Cc1ccccc1)N(Cc1cccc(OC)c1)C(=O)CCc1ccc(OCC)c(OCC)c1. The first-order valence-electron chi connectivity index (χ1n) is 13.6. The van der Waals surface area contributed by atoms with Crippen molar-refractivity contribution in [2.75, 3.05) is 26.9 Å². The lowest BCUT2D eigenvalue weighted by Gasteiger charge is -2.31. The highest BCUT2D eigenvalue weighted by molar-refractivity contribution is 5.88. The summed E-state index contributed by atoms with van der Waals surface area (Å²) in [5.74, 6) is 1.79. The molecule has 0 saturated heterocycles. The molecule has 0 saturated carbocycles. The summed E-state index contributed by atoms with van der Waals surface area (Å²) in [6, 6.07) is 22.5. The maximum Gasteiger partial charge on any atom is 0.243 e. The van der Waals surface area contributed by atoms with Crippen molar-refractivity contribution in [3.05, 3.63) is 89.5 Å². The lowest BCUT2D eigenvalue weighted by Crippen LogP contribution is -2.50. The lowest BCUT2D eigenvalue weighted by atomic mass is 10.0. The van der Waals surface area contributed by atoms with Gasteiger partial charge in [-0.15, -0.1) is 0 Å². The van der Waals surface area contributed by atoms with Crippen molar-refractivity contribution in [1.29, 1.82) is 0 Å². The maximum atomic E-state index is 13.9. The Morgan fingerprint density at radius 3 is 2.23 bits per heavy atom. The van der Waals surface area contributed by atoms with Crippen LogP contribution in [0.4, 0.5) is 0 Å². The molecule has 2 amide bonds. The minimum absolute atomic E-state index is 0.100. The molecule has 0 aliphatic heterocycles. The Labute approximate surface area is 232 Å². The molecule has 0 bridgehead atoms. The summed E-state index contributed by atoms with van der Waals surface area (Å²) in [7, 11) is 1.61. The number of ether oxygens (including phenoxy) is 3. The predicted octanol–water partition coefficient (Wildman–Crippen LogP) is 5.20. The molecule has 0 aromatic heterocycles. The Balaban J connectivity index is 1.89. The first kappa shape index (κ1) is 29.6. The van der Waals surface area contributed by atoms with Gasteiger partial charge in [-0.2, -0.15) is 0 Å². The average molecular weight is 533 g/mol. The molecule has 7 nitrogen and oxygen atoms in total. The van der Waals surface area contributed by atoms with E-state index in [1.54, 1.807) is 12.0 Å². The van der Waals surface area contributed by atoms with E-state index in [9.17, 15) is 9.59 Å².